The Morgan fingerprint density at radius 2 is 1.62 bits per heavy atom. The molecule has 0 N–H and O–H groups in total. The van der Waals surface area contributed by atoms with Crippen molar-refractivity contribution < 1.29 is 9.59 Å². The van der Waals surface area contributed by atoms with Crippen molar-refractivity contribution in [1.82, 2.24) is 19.8 Å². The van der Waals surface area contributed by atoms with Gasteiger partial charge in [0.1, 0.15) is 12.0 Å². The normalized spacial score (nSPS) is 15.0. The van der Waals surface area contributed by atoms with E-state index in [1.54, 1.807) is 21.9 Å². The predicted molar refractivity (Wildman–Crippen MR) is 89.9 cm³/mol. The van der Waals surface area contributed by atoms with Crippen molar-refractivity contribution in [2.45, 2.75) is 6.42 Å². The number of nitrogens with zero attached hydrogens (tertiary/aromatic N) is 4. The van der Waals surface area contributed by atoms with Crippen LogP contribution in [0, 0.1) is 0 Å². The molecule has 1 fully saturated rings. The second-order valence-electron chi connectivity index (χ2n) is 5.52. The monoisotopic (exact) mass is 344 g/mol. The molecule has 0 spiro atoms. The summed E-state index contributed by atoms with van der Waals surface area (Å²) < 4.78 is 0. The van der Waals surface area contributed by atoms with Gasteiger partial charge in [0.25, 0.3) is 11.8 Å². The Kier molecular flexibility index (Phi) is 5.05. The first-order valence-corrected chi connectivity index (χ1v) is 8.13. The van der Waals surface area contributed by atoms with Crippen LogP contribution in [0.1, 0.15) is 27.3 Å². The van der Waals surface area contributed by atoms with Crippen LogP contribution in [0.25, 0.3) is 0 Å². The van der Waals surface area contributed by atoms with Gasteiger partial charge in [-0.3, -0.25) is 9.59 Å². The van der Waals surface area contributed by atoms with Crippen LogP contribution in [0.4, 0.5) is 0 Å². The van der Waals surface area contributed by atoms with Gasteiger partial charge in [0.05, 0.1) is 5.02 Å². The number of halogens is 1. The van der Waals surface area contributed by atoms with E-state index in [1.165, 1.54) is 12.5 Å². The number of aromatic nitrogens is 2. The average Bonchev–Trinajstić information content (AvgIpc) is 2.88. The first-order chi connectivity index (χ1) is 11.7. The molecule has 1 saturated heterocycles. The van der Waals surface area contributed by atoms with Crippen molar-refractivity contribution in [3.63, 3.8) is 0 Å². The van der Waals surface area contributed by atoms with Crippen LogP contribution in [0.2, 0.25) is 5.02 Å². The molecule has 7 heteroatoms. The maximum atomic E-state index is 12.6. The number of amides is 2. The number of carbonyl (C=O) groups is 2. The third-order valence-electron chi connectivity index (χ3n) is 3.96. The summed E-state index contributed by atoms with van der Waals surface area (Å²) in [6, 6.07) is 9.18. The topological polar surface area (TPSA) is 66.4 Å². The van der Waals surface area contributed by atoms with E-state index in [4.69, 9.17) is 11.6 Å². The highest BCUT2D eigenvalue weighted by molar-refractivity contribution is 6.33. The lowest BCUT2D eigenvalue weighted by atomic mass is 10.2. The molecule has 0 bridgehead atoms. The first kappa shape index (κ1) is 16.4. The van der Waals surface area contributed by atoms with E-state index in [1.807, 2.05) is 18.2 Å². The Balaban J connectivity index is 1.68. The molecule has 0 aliphatic carbocycles. The highest BCUT2D eigenvalue weighted by Gasteiger charge is 2.25. The van der Waals surface area contributed by atoms with Gasteiger partial charge in [0, 0.05) is 37.9 Å². The van der Waals surface area contributed by atoms with E-state index in [-0.39, 0.29) is 22.5 Å². The Labute approximate surface area is 145 Å². The molecule has 0 unspecified atom stereocenters. The molecule has 2 heterocycles. The lowest BCUT2D eigenvalue weighted by Gasteiger charge is -2.22. The molecule has 124 valence electrons. The number of carbonyl (C=O) groups excluding carboxylic acids is 2. The maximum absolute atomic E-state index is 12.6. The minimum Gasteiger partial charge on any atom is -0.337 e. The van der Waals surface area contributed by atoms with Crippen molar-refractivity contribution in [3.05, 3.63) is 59.1 Å². The molecule has 0 saturated carbocycles. The van der Waals surface area contributed by atoms with E-state index in [9.17, 15) is 9.59 Å². The van der Waals surface area contributed by atoms with Crippen molar-refractivity contribution in [1.29, 1.82) is 0 Å². The smallest absolute Gasteiger partial charge is 0.274 e. The molecule has 2 aromatic rings. The van der Waals surface area contributed by atoms with Gasteiger partial charge in [0.2, 0.25) is 0 Å². The van der Waals surface area contributed by atoms with Crippen molar-refractivity contribution in [2.75, 3.05) is 26.2 Å². The third-order valence-corrected chi connectivity index (χ3v) is 4.24. The summed E-state index contributed by atoms with van der Waals surface area (Å²) >= 11 is 6.00. The van der Waals surface area contributed by atoms with Gasteiger partial charge < -0.3 is 9.80 Å². The number of rotatable bonds is 2. The Morgan fingerprint density at radius 3 is 2.29 bits per heavy atom. The Morgan fingerprint density at radius 1 is 0.958 bits per heavy atom. The number of benzene rings is 1. The second kappa shape index (κ2) is 7.40. The van der Waals surface area contributed by atoms with E-state index in [0.717, 1.165) is 0 Å². The molecule has 3 rings (SSSR count). The van der Waals surface area contributed by atoms with Crippen LogP contribution in [-0.4, -0.2) is 57.8 Å². The van der Waals surface area contributed by atoms with Gasteiger partial charge in [0.15, 0.2) is 0 Å². The van der Waals surface area contributed by atoms with Gasteiger partial charge in [-0.1, -0.05) is 29.8 Å². The summed E-state index contributed by atoms with van der Waals surface area (Å²) in [5, 5.41) is 0.240. The summed E-state index contributed by atoms with van der Waals surface area (Å²) in [5.41, 5.74) is 0.866. The van der Waals surface area contributed by atoms with Gasteiger partial charge >= 0.3 is 0 Å². The molecule has 1 aromatic carbocycles. The summed E-state index contributed by atoms with van der Waals surface area (Å²) in [6.07, 6.45) is 3.43. The fourth-order valence-electron chi connectivity index (χ4n) is 2.71. The number of hydrogen-bond acceptors (Lipinski definition) is 4. The van der Waals surface area contributed by atoms with Crippen LogP contribution in [0.15, 0.2) is 42.9 Å². The maximum Gasteiger partial charge on any atom is 0.274 e. The summed E-state index contributed by atoms with van der Waals surface area (Å²) in [6.45, 7) is 2.13. The average molecular weight is 345 g/mol. The van der Waals surface area contributed by atoms with Gasteiger partial charge in [-0.15, -0.1) is 0 Å². The van der Waals surface area contributed by atoms with Crippen molar-refractivity contribution >= 4 is 23.4 Å². The van der Waals surface area contributed by atoms with E-state index < -0.39 is 0 Å². The molecular formula is C17H17ClN4O2. The van der Waals surface area contributed by atoms with E-state index in [2.05, 4.69) is 9.97 Å². The molecule has 0 radical (unpaired) electrons. The van der Waals surface area contributed by atoms with Gasteiger partial charge in [-0.25, -0.2) is 9.97 Å². The molecule has 24 heavy (non-hydrogen) atoms. The summed E-state index contributed by atoms with van der Waals surface area (Å²) in [5.74, 6) is -0.235. The lowest BCUT2D eigenvalue weighted by molar-refractivity contribution is 0.0715. The molecule has 1 aromatic heterocycles. The minimum atomic E-state index is -0.226. The number of hydrogen-bond donors (Lipinski definition) is 0. The van der Waals surface area contributed by atoms with Crippen LogP contribution < -0.4 is 0 Å². The molecule has 0 atom stereocenters. The zero-order chi connectivity index (χ0) is 16.9. The lowest BCUT2D eigenvalue weighted by Crippen LogP contribution is -2.37. The van der Waals surface area contributed by atoms with Gasteiger partial charge in [-0.05, 0) is 18.6 Å². The standard InChI is InChI=1S/C17H17ClN4O2/c18-14-11-19-12-20-15(14)17(24)22-8-4-7-21(9-10-22)16(23)13-5-2-1-3-6-13/h1-3,5-6,11-12H,4,7-10H2. The fourth-order valence-corrected chi connectivity index (χ4v) is 2.89. The van der Waals surface area contributed by atoms with Crippen LogP contribution in [0.5, 0.6) is 0 Å². The van der Waals surface area contributed by atoms with Crippen molar-refractivity contribution in [2.24, 2.45) is 0 Å². The van der Waals surface area contributed by atoms with E-state index >= 15 is 0 Å². The van der Waals surface area contributed by atoms with Crippen molar-refractivity contribution in [3.8, 4) is 0 Å². The molecule has 1 aliphatic heterocycles. The summed E-state index contributed by atoms with van der Waals surface area (Å²) in [4.78, 5) is 36.3. The SMILES string of the molecule is O=C(c1ccccc1)N1CCCN(C(=O)c2ncncc2Cl)CC1. The van der Waals surface area contributed by atoms with Crippen LogP contribution in [-0.2, 0) is 0 Å². The Hall–Kier alpha value is -2.47. The fraction of sp³-hybridized carbons (Fsp3) is 0.294. The quantitative estimate of drug-likeness (QED) is 0.837. The minimum absolute atomic E-state index is 0.00929. The van der Waals surface area contributed by atoms with E-state index in [0.29, 0.717) is 38.2 Å². The van der Waals surface area contributed by atoms with Gasteiger partial charge in [-0.2, -0.15) is 0 Å². The molecule has 2 amide bonds. The first-order valence-electron chi connectivity index (χ1n) is 7.76. The van der Waals surface area contributed by atoms with Crippen LogP contribution >= 0.6 is 11.6 Å². The molecule has 1 aliphatic rings. The molecular weight excluding hydrogens is 328 g/mol. The second-order valence-corrected chi connectivity index (χ2v) is 5.93. The third kappa shape index (κ3) is 3.54. The summed E-state index contributed by atoms with van der Waals surface area (Å²) in [7, 11) is 0. The highest BCUT2D eigenvalue weighted by atomic mass is 35.5. The Bertz CT molecular complexity index is 738. The molecule has 6 nitrogen and oxygen atoms in total. The predicted octanol–water partition coefficient (Wildman–Crippen LogP) is 2.12. The highest BCUT2D eigenvalue weighted by Crippen LogP contribution is 2.15. The largest absolute Gasteiger partial charge is 0.337 e. The zero-order valence-corrected chi connectivity index (χ0v) is 13.8. The van der Waals surface area contributed by atoms with Crippen LogP contribution in [0.3, 0.4) is 0 Å². The zero-order valence-electron chi connectivity index (χ0n) is 13.1.